The van der Waals surface area contributed by atoms with Crippen LogP contribution in [-0.2, 0) is 0 Å². The molecule has 0 bridgehead atoms. The molecule has 1 aromatic carbocycles. The maximum Gasteiger partial charge on any atom is 0.251 e. The molecule has 2 rings (SSSR count). The minimum absolute atomic E-state index is 0.0218. The molecule has 1 aliphatic rings. The molecule has 0 saturated carbocycles. The molecule has 1 aliphatic heterocycles. The topological polar surface area (TPSA) is 32.3 Å². The lowest BCUT2D eigenvalue weighted by molar-refractivity contribution is 0.0530. The molecule has 1 aromatic rings. The Kier molecular flexibility index (Phi) is 6.90. The van der Waals surface area contributed by atoms with Crippen LogP contribution in [0.3, 0.4) is 0 Å². The Morgan fingerprint density at radius 1 is 1.25 bits per heavy atom. The van der Waals surface area contributed by atoms with Gasteiger partial charge in [-0.15, -0.1) is 0 Å². The molecule has 1 fully saturated rings. The van der Waals surface area contributed by atoms with Crippen LogP contribution in [0.15, 0.2) is 18.2 Å². The van der Waals surface area contributed by atoms with Gasteiger partial charge in [-0.05, 0) is 49.9 Å². The SMILES string of the molecule is CC(C)CCN1CCC(F)(CNC(=O)c2cc(Cl)cc(Cl)c2)CC1. The molecule has 0 aromatic heterocycles. The molecule has 0 aliphatic carbocycles. The Balaban J connectivity index is 1.82. The molecule has 1 saturated heterocycles. The van der Waals surface area contributed by atoms with Gasteiger partial charge in [0.15, 0.2) is 0 Å². The number of rotatable bonds is 6. The summed E-state index contributed by atoms with van der Waals surface area (Å²) in [5.74, 6) is 0.310. The number of halogens is 3. The summed E-state index contributed by atoms with van der Waals surface area (Å²) in [7, 11) is 0. The molecule has 0 atom stereocenters. The van der Waals surface area contributed by atoms with E-state index >= 15 is 0 Å². The Labute approximate surface area is 153 Å². The molecule has 6 heteroatoms. The van der Waals surface area contributed by atoms with E-state index in [0.29, 0.717) is 34.4 Å². The van der Waals surface area contributed by atoms with Gasteiger partial charge in [-0.2, -0.15) is 0 Å². The lowest BCUT2D eigenvalue weighted by Crippen LogP contribution is -2.48. The number of carbonyl (C=O) groups is 1. The average molecular weight is 375 g/mol. The van der Waals surface area contributed by atoms with E-state index in [9.17, 15) is 9.18 Å². The Morgan fingerprint density at radius 2 is 1.83 bits per heavy atom. The second kappa shape index (κ2) is 8.50. The maximum absolute atomic E-state index is 14.9. The average Bonchev–Trinajstić information content (AvgIpc) is 2.51. The van der Waals surface area contributed by atoms with Crippen molar-refractivity contribution >= 4 is 29.1 Å². The normalized spacial score (nSPS) is 17.9. The highest BCUT2D eigenvalue weighted by Crippen LogP contribution is 2.26. The van der Waals surface area contributed by atoms with Gasteiger partial charge in [0.1, 0.15) is 5.67 Å². The van der Waals surface area contributed by atoms with Crippen molar-refractivity contribution in [1.82, 2.24) is 10.2 Å². The number of alkyl halides is 1. The van der Waals surface area contributed by atoms with Gasteiger partial charge in [-0.25, -0.2) is 4.39 Å². The number of likely N-dealkylation sites (tertiary alicyclic amines) is 1. The number of nitrogens with zero attached hydrogens (tertiary/aromatic N) is 1. The van der Waals surface area contributed by atoms with E-state index in [4.69, 9.17) is 23.2 Å². The van der Waals surface area contributed by atoms with E-state index < -0.39 is 5.67 Å². The molecule has 24 heavy (non-hydrogen) atoms. The van der Waals surface area contributed by atoms with Gasteiger partial charge in [-0.3, -0.25) is 4.79 Å². The zero-order valence-corrected chi connectivity index (χ0v) is 15.8. The number of benzene rings is 1. The third-order valence-electron chi connectivity index (χ3n) is 4.47. The lowest BCUT2D eigenvalue weighted by Gasteiger charge is -2.36. The summed E-state index contributed by atoms with van der Waals surface area (Å²) in [6, 6.07) is 4.62. The summed E-state index contributed by atoms with van der Waals surface area (Å²) in [4.78, 5) is 14.5. The molecule has 0 spiro atoms. The standard InChI is InChI=1S/C18H25Cl2FN2O/c1-13(2)3-6-23-7-4-18(21,5-8-23)12-22-17(24)14-9-15(19)11-16(20)10-14/h9-11,13H,3-8,12H2,1-2H3,(H,22,24). The molecule has 0 radical (unpaired) electrons. The van der Waals surface area contributed by atoms with E-state index in [1.807, 2.05) is 0 Å². The second-order valence-electron chi connectivity index (χ2n) is 7.02. The quantitative estimate of drug-likeness (QED) is 0.790. The van der Waals surface area contributed by atoms with Crippen molar-refractivity contribution < 1.29 is 9.18 Å². The van der Waals surface area contributed by atoms with E-state index in [-0.39, 0.29) is 12.5 Å². The zero-order valence-electron chi connectivity index (χ0n) is 14.2. The third-order valence-corrected chi connectivity index (χ3v) is 4.90. The summed E-state index contributed by atoms with van der Waals surface area (Å²) in [5.41, 5.74) is -0.989. The smallest absolute Gasteiger partial charge is 0.251 e. The van der Waals surface area contributed by atoms with Crippen LogP contribution in [0.4, 0.5) is 4.39 Å². The van der Waals surface area contributed by atoms with Crippen LogP contribution in [0.25, 0.3) is 0 Å². The van der Waals surface area contributed by atoms with E-state index in [1.165, 1.54) is 12.1 Å². The molecule has 134 valence electrons. The number of piperidine rings is 1. The van der Waals surface area contributed by atoms with Crippen LogP contribution in [0.5, 0.6) is 0 Å². The monoisotopic (exact) mass is 374 g/mol. The Bertz CT molecular complexity index is 552. The first-order valence-corrected chi connectivity index (χ1v) is 9.18. The Morgan fingerprint density at radius 3 is 2.38 bits per heavy atom. The number of hydrogen-bond donors (Lipinski definition) is 1. The van der Waals surface area contributed by atoms with Gasteiger partial charge in [0, 0.05) is 28.7 Å². The molecule has 1 N–H and O–H groups in total. The molecular formula is C18H25Cl2FN2O. The van der Waals surface area contributed by atoms with Gasteiger partial charge >= 0.3 is 0 Å². The van der Waals surface area contributed by atoms with Crippen LogP contribution < -0.4 is 5.32 Å². The molecule has 1 amide bonds. The van der Waals surface area contributed by atoms with Gasteiger partial charge in [0.05, 0.1) is 6.54 Å². The lowest BCUT2D eigenvalue weighted by atomic mass is 9.92. The van der Waals surface area contributed by atoms with Gasteiger partial charge < -0.3 is 10.2 Å². The largest absolute Gasteiger partial charge is 0.349 e. The third kappa shape index (κ3) is 5.91. The first-order valence-electron chi connectivity index (χ1n) is 8.43. The van der Waals surface area contributed by atoms with Crippen LogP contribution >= 0.6 is 23.2 Å². The van der Waals surface area contributed by atoms with Crippen molar-refractivity contribution in [2.24, 2.45) is 5.92 Å². The van der Waals surface area contributed by atoms with Crippen LogP contribution in [-0.4, -0.2) is 42.7 Å². The van der Waals surface area contributed by atoms with Gasteiger partial charge in [0.25, 0.3) is 5.91 Å². The summed E-state index contributed by atoms with van der Waals surface area (Å²) < 4.78 is 14.9. The number of nitrogens with one attached hydrogen (secondary N) is 1. The predicted octanol–water partition coefficient (Wildman–Crippen LogP) is 4.57. The molecule has 0 unspecified atom stereocenters. The first-order chi connectivity index (χ1) is 11.3. The van der Waals surface area contributed by atoms with Gasteiger partial charge in [-0.1, -0.05) is 37.0 Å². The minimum atomic E-state index is -1.34. The number of amides is 1. The molecular weight excluding hydrogens is 350 g/mol. The van der Waals surface area contributed by atoms with Crippen molar-refractivity contribution in [3.63, 3.8) is 0 Å². The summed E-state index contributed by atoms with van der Waals surface area (Å²) in [6.07, 6.45) is 2.02. The molecule has 1 heterocycles. The minimum Gasteiger partial charge on any atom is -0.349 e. The highest BCUT2D eigenvalue weighted by atomic mass is 35.5. The number of hydrogen-bond acceptors (Lipinski definition) is 2. The summed E-state index contributed by atoms with van der Waals surface area (Å²) in [5, 5.41) is 3.46. The maximum atomic E-state index is 14.9. The summed E-state index contributed by atoms with van der Waals surface area (Å²) >= 11 is 11.8. The fourth-order valence-electron chi connectivity index (χ4n) is 2.82. The fourth-order valence-corrected chi connectivity index (χ4v) is 3.35. The fraction of sp³-hybridized carbons (Fsp3) is 0.611. The van der Waals surface area contributed by atoms with E-state index in [1.54, 1.807) is 6.07 Å². The van der Waals surface area contributed by atoms with E-state index in [0.717, 1.165) is 26.1 Å². The van der Waals surface area contributed by atoms with Crippen LogP contribution in [0.2, 0.25) is 10.0 Å². The summed E-state index contributed by atoms with van der Waals surface area (Å²) in [6.45, 7) is 6.90. The van der Waals surface area contributed by atoms with Crippen molar-refractivity contribution in [2.45, 2.75) is 38.8 Å². The molecule has 3 nitrogen and oxygen atoms in total. The second-order valence-corrected chi connectivity index (χ2v) is 7.89. The number of carbonyl (C=O) groups excluding carboxylic acids is 1. The van der Waals surface area contributed by atoms with Crippen molar-refractivity contribution in [3.05, 3.63) is 33.8 Å². The van der Waals surface area contributed by atoms with Crippen LogP contribution in [0.1, 0.15) is 43.5 Å². The van der Waals surface area contributed by atoms with E-state index in [2.05, 4.69) is 24.1 Å². The first kappa shape index (κ1) is 19.5. The van der Waals surface area contributed by atoms with Gasteiger partial charge in [0.2, 0.25) is 0 Å². The Hall–Kier alpha value is -0.840. The predicted molar refractivity (Wildman–Crippen MR) is 97.8 cm³/mol. The van der Waals surface area contributed by atoms with Crippen molar-refractivity contribution in [1.29, 1.82) is 0 Å². The zero-order chi connectivity index (χ0) is 17.7. The van der Waals surface area contributed by atoms with Crippen LogP contribution in [0, 0.1) is 5.92 Å². The highest BCUT2D eigenvalue weighted by molar-refractivity contribution is 6.35. The van der Waals surface area contributed by atoms with Crippen molar-refractivity contribution in [3.8, 4) is 0 Å². The van der Waals surface area contributed by atoms with Crippen molar-refractivity contribution in [2.75, 3.05) is 26.2 Å². The highest BCUT2D eigenvalue weighted by Gasteiger charge is 2.34.